The van der Waals surface area contributed by atoms with Crippen LogP contribution in [0.5, 0.6) is 0 Å². The number of hydrogen-bond donors (Lipinski definition) is 1. The smallest absolute Gasteiger partial charge is 0.250 e. The Balaban J connectivity index is 2.49. The number of hydrogen-bond acceptors (Lipinski definition) is 3. The van der Waals surface area contributed by atoms with E-state index in [1.165, 1.54) is 0 Å². The molecule has 0 radical (unpaired) electrons. The number of rotatable bonds is 5. The summed E-state index contributed by atoms with van der Waals surface area (Å²) in [6.07, 6.45) is 0.756. The van der Waals surface area contributed by atoms with Gasteiger partial charge < -0.3 is 10.1 Å². The Kier molecular flexibility index (Phi) is 4.50. The molecular weight excluding hydrogens is 194 g/mol. The second-order valence-corrected chi connectivity index (χ2v) is 2.93. The van der Waals surface area contributed by atoms with E-state index < -0.39 is 0 Å². The van der Waals surface area contributed by atoms with E-state index in [4.69, 9.17) is 4.74 Å². The van der Waals surface area contributed by atoms with Crippen molar-refractivity contribution in [3.8, 4) is 0 Å². The van der Waals surface area contributed by atoms with Crippen LogP contribution in [0.2, 0.25) is 0 Å². The Morgan fingerprint density at radius 2 is 2.07 bits per heavy atom. The number of benzene rings is 1. The molecule has 1 aromatic rings. The standard InChI is InChI=1S/C11H13NO3/c1-2-15-8-11(14)12-10-5-3-9(7-13)4-6-10/h3-7H,2,8H2,1H3,(H,12,14). The van der Waals surface area contributed by atoms with E-state index in [0.29, 0.717) is 17.9 Å². The minimum Gasteiger partial charge on any atom is -0.372 e. The molecule has 0 aliphatic carbocycles. The molecule has 0 heterocycles. The third kappa shape index (κ3) is 3.91. The summed E-state index contributed by atoms with van der Waals surface area (Å²) >= 11 is 0. The van der Waals surface area contributed by atoms with Crippen molar-refractivity contribution in [2.75, 3.05) is 18.5 Å². The van der Waals surface area contributed by atoms with Gasteiger partial charge in [0.25, 0.3) is 0 Å². The lowest BCUT2D eigenvalue weighted by Gasteiger charge is -2.04. The minimum atomic E-state index is -0.198. The average Bonchev–Trinajstić information content (AvgIpc) is 2.27. The molecule has 15 heavy (non-hydrogen) atoms. The molecule has 1 N–H and O–H groups in total. The summed E-state index contributed by atoms with van der Waals surface area (Å²) in [5.74, 6) is -0.198. The molecule has 0 aromatic heterocycles. The molecule has 1 aromatic carbocycles. The number of amides is 1. The predicted octanol–water partition coefficient (Wildman–Crippen LogP) is 1.47. The first-order valence-corrected chi connectivity index (χ1v) is 4.69. The van der Waals surface area contributed by atoms with Gasteiger partial charge in [-0.3, -0.25) is 9.59 Å². The predicted molar refractivity (Wildman–Crippen MR) is 57.0 cm³/mol. The first-order chi connectivity index (χ1) is 7.26. The van der Waals surface area contributed by atoms with Crippen molar-refractivity contribution in [3.63, 3.8) is 0 Å². The van der Waals surface area contributed by atoms with Crippen LogP contribution in [0.1, 0.15) is 17.3 Å². The van der Waals surface area contributed by atoms with E-state index in [1.807, 2.05) is 6.92 Å². The first-order valence-electron chi connectivity index (χ1n) is 4.69. The van der Waals surface area contributed by atoms with Gasteiger partial charge >= 0.3 is 0 Å². The van der Waals surface area contributed by atoms with Gasteiger partial charge in [0.15, 0.2) is 0 Å². The SMILES string of the molecule is CCOCC(=O)Nc1ccc(C=O)cc1. The fourth-order valence-corrected chi connectivity index (χ4v) is 1.04. The lowest BCUT2D eigenvalue weighted by atomic mass is 10.2. The highest BCUT2D eigenvalue weighted by Gasteiger charge is 2.01. The van der Waals surface area contributed by atoms with E-state index in [2.05, 4.69) is 5.32 Å². The van der Waals surface area contributed by atoms with Crippen molar-refractivity contribution in [2.45, 2.75) is 6.92 Å². The van der Waals surface area contributed by atoms with Crippen molar-refractivity contribution in [1.82, 2.24) is 0 Å². The van der Waals surface area contributed by atoms with Gasteiger partial charge in [0.2, 0.25) is 5.91 Å². The Bertz CT molecular complexity index is 332. The van der Waals surface area contributed by atoms with Crippen LogP contribution in [0.15, 0.2) is 24.3 Å². The van der Waals surface area contributed by atoms with Crippen LogP contribution < -0.4 is 5.32 Å². The van der Waals surface area contributed by atoms with E-state index in [9.17, 15) is 9.59 Å². The number of ether oxygens (including phenoxy) is 1. The highest BCUT2D eigenvalue weighted by atomic mass is 16.5. The molecule has 4 heteroatoms. The van der Waals surface area contributed by atoms with Crippen LogP contribution in [0.4, 0.5) is 5.69 Å². The summed E-state index contributed by atoms with van der Waals surface area (Å²) in [6, 6.07) is 6.63. The maximum atomic E-state index is 11.2. The van der Waals surface area contributed by atoms with Crippen LogP contribution in [-0.2, 0) is 9.53 Å². The van der Waals surface area contributed by atoms with Gasteiger partial charge in [-0.1, -0.05) is 0 Å². The molecular formula is C11H13NO3. The van der Waals surface area contributed by atoms with Crippen molar-refractivity contribution in [3.05, 3.63) is 29.8 Å². The van der Waals surface area contributed by atoms with Gasteiger partial charge in [0.1, 0.15) is 12.9 Å². The van der Waals surface area contributed by atoms with Crippen LogP contribution in [0, 0.1) is 0 Å². The molecule has 0 unspecified atom stereocenters. The summed E-state index contributed by atoms with van der Waals surface area (Å²) in [4.78, 5) is 21.6. The summed E-state index contributed by atoms with van der Waals surface area (Å²) in [7, 11) is 0. The molecule has 0 saturated heterocycles. The van der Waals surface area contributed by atoms with Gasteiger partial charge in [-0.2, -0.15) is 0 Å². The maximum Gasteiger partial charge on any atom is 0.250 e. The quantitative estimate of drug-likeness (QED) is 0.744. The number of anilines is 1. The number of carbonyl (C=O) groups is 2. The van der Waals surface area contributed by atoms with Crippen LogP contribution in [0.25, 0.3) is 0 Å². The number of carbonyl (C=O) groups excluding carboxylic acids is 2. The van der Waals surface area contributed by atoms with E-state index >= 15 is 0 Å². The Morgan fingerprint density at radius 3 is 2.60 bits per heavy atom. The van der Waals surface area contributed by atoms with Gasteiger partial charge in [-0.15, -0.1) is 0 Å². The number of aldehydes is 1. The van der Waals surface area contributed by atoms with E-state index in [1.54, 1.807) is 24.3 Å². The van der Waals surface area contributed by atoms with E-state index in [0.717, 1.165) is 6.29 Å². The molecule has 0 aliphatic heterocycles. The van der Waals surface area contributed by atoms with Crippen LogP contribution in [-0.4, -0.2) is 25.4 Å². The second kappa shape index (κ2) is 5.93. The molecule has 4 nitrogen and oxygen atoms in total. The maximum absolute atomic E-state index is 11.2. The van der Waals surface area contributed by atoms with Crippen molar-refractivity contribution in [2.24, 2.45) is 0 Å². The second-order valence-electron chi connectivity index (χ2n) is 2.93. The van der Waals surface area contributed by atoms with Gasteiger partial charge in [-0.25, -0.2) is 0 Å². The zero-order valence-electron chi connectivity index (χ0n) is 8.53. The van der Waals surface area contributed by atoms with Gasteiger partial charge in [0.05, 0.1) is 0 Å². The molecule has 0 atom stereocenters. The lowest BCUT2D eigenvalue weighted by molar-refractivity contribution is -0.120. The van der Waals surface area contributed by atoms with Crippen LogP contribution >= 0.6 is 0 Å². The fourth-order valence-electron chi connectivity index (χ4n) is 1.04. The Morgan fingerprint density at radius 1 is 1.40 bits per heavy atom. The third-order valence-electron chi connectivity index (χ3n) is 1.77. The summed E-state index contributed by atoms with van der Waals surface area (Å²) in [5.41, 5.74) is 1.24. The Labute approximate surface area is 88.2 Å². The van der Waals surface area contributed by atoms with E-state index in [-0.39, 0.29) is 12.5 Å². The molecule has 0 fully saturated rings. The van der Waals surface area contributed by atoms with Gasteiger partial charge in [0, 0.05) is 17.9 Å². The molecule has 0 spiro atoms. The zero-order chi connectivity index (χ0) is 11.1. The molecule has 1 amide bonds. The van der Waals surface area contributed by atoms with Crippen molar-refractivity contribution >= 4 is 17.9 Å². The molecule has 0 aliphatic rings. The van der Waals surface area contributed by atoms with Gasteiger partial charge in [-0.05, 0) is 31.2 Å². The topological polar surface area (TPSA) is 55.4 Å². The highest BCUT2D eigenvalue weighted by molar-refractivity contribution is 5.92. The summed E-state index contributed by atoms with van der Waals surface area (Å²) < 4.78 is 4.94. The summed E-state index contributed by atoms with van der Waals surface area (Å²) in [5, 5.41) is 2.65. The largest absolute Gasteiger partial charge is 0.372 e. The highest BCUT2D eigenvalue weighted by Crippen LogP contribution is 2.07. The normalized spacial score (nSPS) is 9.67. The molecule has 0 saturated carbocycles. The molecule has 0 bridgehead atoms. The monoisotopic (exact) mass is 207 g/mol. The lowest BCUT2D eigenvalue weighted by Crippen LogP contribution is -2.18. The minimum absolute atomic E-state index is 0.0476. The molecule has 1 rings (SSSR count). The molecule has 80 valence electrons. The average molecular weight is 207 g/mol. The fraction of sp³-hybridized carbons (Fsp3) is 0.273. The third-order valence-corrected chi connectivity index (χ3v) is 1.77. The Hall–Kier alpha value is -1.68. The van der Waals surface area contributed by atoms with Crippen LogP contribution in [0.3, 0.4) is 0 Å². The zero-order valence-corrected chi connectivity index (χ0v) is 8.53. The van der Waals surface area contributed by atoms with Crippen molar-refractivity contribution in [1.29, 1.82) is 0 Å². The first kappa shape index (κ1) is 11.4. The number of nitrogens with one attached hydrogen (secondary N) is 1. The summed E-state index contributed by atoms with van der Waals surface area (Å²) in [6.45, 7) is 2.38. The van der Waals surface area contributed by atoms with Crippen molar-refractivity contribution < 1.29 is 14.3 Å².